The summed E-state index contributed by atoms with van der Waals surface area (Å²) in [7, 11) is 1.59. The summed E-state index contributed by atoms with van der Waals surface area (Å²) >= 11 is 0. The average Bonchev–Trinajstić information content (AvgIpc) is 2.75. The molecule has 0 aliphatic carbocycles. The van der Waals surface area contributed by atoms with Gasteiger partial charge in [0.15, 0.2) is 0 Å². The van der Waals surface area contributed by atoms with Gasteiger partial charge in [-0.1, -0.05) is 6.92 Å². The first kappa shape index (κ1) is 12.5. The number of methoxy groups -OCH3 is 1. The third-order valence-corrected chi connectivity index (χ3v) is 2.50. The Morgan fingerprint density at radius 3 is 2.93 bits per heavy atom. The highest BCUT2D eigenvalue weighted by molar-refractivity contribution is 5.00. The van der Waals surface area contributed by atoms with Gasteiger partial charge in [0.25, 0.3) is 0 Å². The van der Waals surface area contributed by atoms with Gasteiger partial charge >= 0.3 is 0 Å². The summed E-state index contributed by atoms with van der Waals surface area (Å²) in [5.41, 5.74) is 0. The highest BCUT2D eigenvalue weighted by atomic mass is 16.7. The first-order valence-corrected chi connectivity index (χ1v) is 5.31. The number of rotatable bonds is 7. The summed E-state index contributed by atoms with van der Waals surface area (Å²) in [5.74, 6) is 1.06. The second-order valence-corrected chi connectivity index (χ2v) is 3.78. The molecular formula is C11H20O4. The van der Waals surface area contributed by atoms with Gasteiger partial charge in [-0.2, -0.15) is 0 Å². The van der Waals surface area contributed by atoms with Gasteiger partial charge in [-0.05, 0) is 6.08 Å². The van der Waals surface area contributed by atoms with Crippen LogP contribution in [0.4, 0.5) is 0 Å². The lowest BCUT2D eigenvalue weighted by atomic mass is 10.0. The molecular weight excluding hydrogens is 196 g/mol. The van der Waals surface area contributed by atoms with Gasteiger partial charge in [0.05, 0.1) is 18.5 Å². The van der Waals surface area contributed by atoms with Gasteiger partial charge < -0.3 is 19.3 Å². The Balaban J connectivity index is 2.40. The zero-order chi connectivity index (χ0) is 11.1. The Morgan fingerprint density at radius 1 is 1.60 bits per heavy atom. The molecule has 0 aromatic heterocycles. The van der Waals surface area contributed by atoms with E-state index in [4.69, 9.17) is 19.3 Å². The predicted molar refractivity (Wildman–Crippen MR) is 56.3 cm³/mol. The lowest BCUT2D eigenvalue weighted by Gasteiger charge is -2.22. The Morgan fingerprint density at radius 2 is 2.40 bits per heavy atom. The third kappa shape index (κ3) is 4.20. The molecule has 0 saturated heterocycles. The maximum atomic E-state index is 9.10. The smallest absolute Gasteiger partial charge is 0.146 e. The lowest BCUT2D eigenvalue weighted by Crippen LogP contribution is -2.26. The highest BCUT2D eigenvalue weighted by Gasteiger charge is 2.21. The maximum absolute atomic E-state index is 9.10. The summed E-state index contributed by atoms with van der Waals surface area (Å²) < 4.78 is 15.8. The Hall–Kier alpha value is -0.580. The Bertz CT molecular complexity index is 203. The second-order valence-electron chi connectivity index (χ2n) is 3.78. The minimum atomic E-state index is -0.0423. The summed E-state index contributed by atoms with van der Waals surface area (Å²) in [6, 6.07) is 0. The van der Waals surface area contributed by atoms with Crippen molar-refractivity contribution in [1.29, 1.82) is 0 Å². The van der Waals surface area contributed by atoms with Gasteiger partial charge in [-0.3, -0.25) is 0 Å². The molecule has 0 bridgehead atoms. The van der Waals surface area contributed by atoms with Crippen LogP contribution in [0.5, 0.6) is 0 Å². The number of hydrogen-bond donors (Lipinski definition) is 1. The molecule has 0 amide bonds. The minimum absolute atomic E-state index is 0.0423. The predicted octanol–water partition coefficient (Wildman–Crippen LogP) is 1.30. The van der Waals surface area contributed by atoms with Crippen molar-refractivity contribution >= 4 is 0 Å². The zero-order valence-corrected chi connectivity index (χ0v) is 9.44. The van der Waals surface area contributed by atoms with Gasteiger partial charge in [-0.25, -0.2) is 0 Å². The standard InChI is InChI=1S/C11H20O4/c1-9(7-12)11(15-8-13-2)6-10-4-3-5-14-10/h4,9,11-12H,3,5-8H2,1-2H3/t9-,11-/m1/s1. The van der Waals surface area contributed by atoms with Crippen LogP contribution >= 0.6 is 0 Å². The molecule has 0 aromatic rings. The molecule has 0 radical (unpaired) electrons. The van der Waals surface area contributed by atoms with Crippen molar-refractivity contribution in [2.24, 2.45) is 5.92 Å². The van der Waals surface area contributed by atoms with E-state index in [0.29, 0.717) is 6.42 Å². The van der Waals surface area contributed by atoms with E-state index in [9.17, 15) is 0 Å². The third-order valence-electron chi connectivity index (χ3n) is 2.50. The van der Waals surface area contributed by atoms with Crippen molar-refractivity contribution in [3.8, 4) is 0 Å². The molecule has 1 rings (SSSR count). The molecule has 1 N–H and O–H groups in total. The number of ether oxygens (including phenoxy) is 3. The molecule has 0 unspecified atom stereocenters. The van der Waals surface area contributed by atoms with Crippen LogP contribution < -0.4 is 0 Å². The molecule has 4 heteroatoms. The topological polar surface area (TPSA) is 47.9 Å². The van der Waals surface area contributed by atoms with Crippen molar-refractivity contribution in [3.63, 3.8) is 0 Å². The molecule has 0 saturated carbocycles. The summed E-state index contributed by atoms with van der Waals surface area (Å²) in [6.07, 6.45) is 3.72. The van der Waals surface area contributed by atoms with Crippen LogP contribution in [0.15, 0.2) is 11.8 Å². The summed E-state index contributed by atoms with van der Waals surface area (Å²) in [6.45, 7) is 3.08. The molecule has 0 spiro atoms. The van der Waals surface area contributed by atoms with Crippen LogP contribution in [-0.4, -0.2) is 38.3 Å². The van der Waals surface area contributed by atoms with E-state index in [1.54, 1.807) is 7.11 Å². The van der Waals surface area contributed by atoms with Crippen molar-refractivity contribution in [1.82, 2.24) is 0 Å². The van der Waals surface area contributed by atoms with Crippen LogP contribution in [0.25, 0.3) is 0 Å². The fourth-order valence-electron chi connectivity index (χ4n) is 1.51. The van der Waals surface area contributed by atoms with Crippen molar-refractivity contribution in [3.05, 3.63) is 11.8 Å². The first-order valence-electron chi connectivity index (χ1n) is 5.31. The maximum Gasteiger partial charge on any atom is 0.146 e. The highest BCUT2D eigenvalue weighted by Crippen LogP contribution is 2.21. The van der Waals surface area contributed by atoms with Crippen LogP contribution in [0.3, 0.4) is 0 Å². The van der Waals surface area contributed by atoms with Crippen molar-refractivity contribution < 1.29 is 19.3 Å². The van der Waals surface area contributed by atoms with E-state index < -0.39 is 0 Å². The first-order chi connectivity index (χ1) is 7.27. The van der Waals surface area contributed by atoms with Gasteiger partial charge in [0.2, 0.25) is 0 Å². The Kier molecular flexibility index (Phi) is 5.68. The van der Waals surface area contributed by atoms with Gasteiger partial charge in [0, 0.05) is 32.5 Å². The molecule has 1 heterocycles. The van der Waals surface area contributed by atoms with Crippen LogP contribution in [0, 0.1) is 5.92 Å². The molecule has 0 aromatic carbocycles. The van der Waals surface area contributed by atoms with Crippen molar-refractivity contribution in [2.45, 2.75) is 25.9 Å². The van der Waals surface area contributed by atoms with Gasteiger partial charge in [-0.15, -0.1) is 0 Å². The van der Waals surface area contributed by atoms with Crippen LogP contribution in [0.1, 0.15) is 19.8 Å². The summed E-state index contributed by atoms with van der Waals surface area (Å²) in [5, 5.41) is 9.10. The largest absolute Gasteiger partial charge is 0.498 e. The lowest BCUT2D eigenvalue weighted by molar-refractivity contribution is -0.0972. The van der Waals surface area contributed by atoms with E-state index in [1.807, 2.05) is 6.92 Å². The van der Waals surface area contributed by atoms with E-state index in [2.05, 4.69) is 6.08 Å². The molecule has 15 heavy (non-hydrogen) atoms. The normalized spacial score (nSPS) is 19.5. The number of aliphatic hydroxyl groups is 1. The zero-order valence-electron chi connectivity index (χ0n) is 9.44. The van der Waals surface area contributed by atoms with E-state index >= 15 is 0 Å². The summed E-state index contributed by atoms with van der Waals surface area (Å²) in [4.78, 5) is 0. The van der Waals surface area contributed by atoms with E-state index in [-0.39, 0.29) is 25.4 Å². The number of hydrogen-bond acceptors (Lipinski definition) is 4. The average molecular weight is 216 g/mol. The number of aliphatic hydroxyl groups excluding tert-OH is 1. The van der Waals surface area contributed by atoms with E-state index in [0.717, 1.165) is 18.8 Å². The molecule has 1 aliphatic rings. The quantitative estimate of drug-likeness (QED) is 0.652. The SMILES string of the molecule is COCO[C@H](CC1=CCCO1)[C@H](C)CO. The monoisotopic (exact) mass is 216 g/mol. The van der Waals surface area contributed by atoms with Crippen LogP contribution in [-0.2, 0) is 14.2 Å². The molecule has 4 nitrogen and oxygen atoms in total. The molecule has 2 atom stereocenters. The Labute approximate surface area is 90.8 Å². The van der Waals surface area contributed by atoms with Crippen LogP contribution in [0.2, 0.25) is 0 Å². The van der Waals surface area contributed by atoms with Gasteiger partial charge in [0.1, 0.15) is 6.79 Å². The molecule has 1 aliphatic heterocycles. The van der Waals surface area contributed by atoms with Crippen molar-refractivity contribution in [2.75, 3.05) is 27.1 Å². The molecule has 0 fully saturated rings. The van der Waals surface area contributed by atoms with E-state index in [1.165, 1.54) is 0 Å². The minimum Gasteiger partial charge on any atom is -0.498 e. The second kappa shape index (κ2) is 6.82. The fraction of sp³-hybridized carbons (Fsp3) is 0.818. The molecule has 88 valence electrons. The fourth-order valence-corrected chi connectivity index (χ4v) is 1.51.